The maximum Gasteiger partial charge on any atom is 0.272 e. The van der Waals surface area contributed by atoms with Crippen molar-refractivity contribution in [2.45, 2.75) is 6.42 Å². The predicted molar refractivity (Wildman–Crippen MR) is 80.7 cm³/mol. The number of hydrogen-bond acceptors (Lipinski definition) is 5. The quantitative estimate of drug-likeness (QED) is 0.445. The van der Waals surface area contributed by atoms with Crippen LogP contribution in [-0.4, -0.2) is 40.7 Å². The molecule has 114 valence electrons. The molecule has 0 unspecified atom stereocenters. The van der Waals surface area contributed by atoms with Gasteiger partial charge in [0.05, 0.1) is 10.4 Å². The number of carbonyl (C=O) groups excluding carboxylic acids is 1. The van der Waals surface area contributed by atoms with E-state index in [4.69, 9.17) is 0 Å². The van der Waals surface area contributed by atoms with Gasteiger partial charge in [-0.2, -0.15) is 5.10 Å². The summed E-state index contributed by atoms with van der Waals surface area (Å²) in [6.45, 7) is 2.17. The number of amides is 1. The molecule has 2 heterocycles. The van der Waals surface area contributed by atoms with Crippen LogP contribution in [0.15, 0.2) is 29.8 Å². The van der Waals surface area contributed by atoms with E-state index in [1.807, 2.05) is 0 Å². The molecule has 8 nitrogen and oxygen atoms in total. The first-order valence-corrected chi connectivity index (χ1v) is 6.94. The first kappa shape index (κ1) is 14.2. The summed E-state index contributed by atoms with van der Waals surface area (Å²) in [4.78, 5) is 22.6. The highest BCUT2D eigenvalue weighted by Crippen LogP contribution is 2.22. The number of hydrogen-bond donors (Lipinski definition) is 3. The van der Waals surface area contributed by atoms with Crippen molar-refractivity contribution in [1.29, 1.82) is 0 Å². The van der Waals surface area contributed by atoms with Crippen molar-refractivity contribution < 1.29 is 9.72 Å². The number of rotatable bonds is 4. The Morgan fingerprint density at radius 2 is 2.32 bits per heavy atom. The lowest BCUT2D eigenvalue weighted by Gasteiger charge is -2.14. The Bertz CT molecular complexity index is 765. The lowest BCUT2D eigenvalue weighted by molar-refractivity contribution is -0.384. The molecule has 0 atom stereocenters. The average Bonchev–Trinajstić information content (AvgIpc) is 2.96. The zero-order chi connectivity index (χ0) is 15.5. The number of H-pyrrole nitrogens is 1. The van der Waals surface area contributed by atoms with E-state index >= 15 is 0 Å². The van der Waals surface area contributed by atoms with Crippen LogP contribution in [0.4, 0.5) is 5.69 Å². The van der Waals surface area contributed by atoms with Crippen molar-refractivity contribution in [2.24, 2.45) is 0 Å². The molecule has 1 aliphatic heterocycles. The monoisotopic (exact) mass is 301 g/mol. The fourth-order valence-electron chi connectivity index (χ4n) is 2.40. The molecule has 0 spiro atoms. The van der Waals surface area contributed by atoms with Crippen LogP contribution in [0.2, 0.25) is 0 Å². The Hall–Kier alpha value is -2.74. The van der Waals surface area contributed by atoms with E-state index in [0.29, 0.717) is 17.4 Å². The van der Waals surface area contributed by atoms with Crippen LogP contribution in [0.5, 0.6) is 0 Å². The number of nitro groups is 1. The van der Waals surface area contributed by atoms with Crippen LogP contribution in [-0.2, 0) is 0 Å². The van der Waals surface area contributed by atoms with Crippen LogP contribution >= 0.6 is 0 Å². The van der Waals surface area contributed by atoms with Gasteiger partial charge < -0.3 is 10.6 Å². The Morgan fingerprint density at radius 1 is 1.45 bits per heavy atom. The highest BCUT2D eigenvalue weighted by Gasteiger charge is 2.17. The van der Waals surface area contributed by atoms with Gasteiger partial charge in [0.2, 0.25) is 0 Å². The van der Waals surface area contributed by atoms with Crippen molar-refractivity contribution in [3.8, 4) is 0 Å². The third-order valence-electron chi connectivity index (χ3n) is 3.61. The minimum absolute atomic E-state index is 0.0657. The minimum Gasteiger partial charge on any atom is -0.347 e. The van der Waals surface area contributed by atoms with Crippen molar-refractivity contribution in [3.05, 3.63) is 45.7 Å². The Balaban J connectivity index is 1.79. The van der Waals surface area contributed by atoms with E-state index in [1.54, 1.807) is 6.07 Å². The molecule has 0 bridgehead atoms. The maximum absolute atomic E-state index is 12.2. The van der Waals surface area contributed by atoms with Gasteiger partial charge in [-0.3, -0.25) is 20.0 Å². The topological polar surface area (TPSA) is 113 Å². The Kier molecular flexibility index (Phi) is 3.84. The molecule has 8 heteroatoms. The second-order valence-electron chi connectivity index (χ2n) is 5.06. The summed E-state index contributed by atoms with van der Waals surface area (Å²) >= 11 is 0. The zero-order valence-electron chi connectivity index (χ0n) is 11.8. The highest BCUT2D eigenvalue weighted by atomic mass is 16.6. The molecule has 1 aromatic heterocycles. The van der Waals surface area contributed by atoms with E-state index in [-0.39, 0.29) is 17.3 Å². The summed E-state index contributed by atoms with van der Waals surface area (Å²) in [6.07, 6.45) is 2.95. The third kappa shape index (κ3) is 2.82. The highest BCUT2D eigenvalue weighted by molar-refractivity contribution is 6.05. The number of carbonyl (C=O) groups is 1. The molecule has 2 aromatic rings. The summed E-state index contributed by atoms with van der Waals surface area (Å²) in [5, 5.41) is 24.0. The smallest absolute Gasteiger partial charge is 0.272 e. The van der Waals surface area contributed by atoms with Gasteiger partial charge in [-0.25, -0.2) is 0 Å². The predicted octanol–water partition coefficient (Wildman–Crippen LogP) is 1.12. The molecule has 1 aliphatic rings. The summed E-state index contributed by atoms with van der Waals surface area (Å²) in [6, 6.07) is 4.28. The van der Waals surface area contributed by atoms with E-state index in [2.05, 4.69) is 26.9 Å². The minimum atomic E-state index is -0.492. The van der Waals surface area contributed by atoms with Gasteiger partial charge >= 0.3 is 0 Å². The maximum atomic E-state index is 12.2. The number of benzene rings is 1. The van der Waals surface area contributed by atoms with Gasteiger partial charge in [0.15, 0.2) is 5.69 Å². The molecule has 1 aromatic carbocycles. The van der Waals surface area contributed by atoms with Crippen molar-refractivity contribution in [3.63, 3.8) is 0 Å². The molecule has 22 heavy (non-hydrogen) atoms. The number of fused-ring (bicyclic) bond motifs is 1. The zero-order valence-corrected chi connectivity index (χ0v) is 11.8. The molecule has 0 saturated carbocycles. The molecule has 1 amide bonds. The Labute approximate surface area is 125 Å². The third-order valence-corrected chi connectivity index (χ3v) is 3.61. The SMILES string of the molecule is O=C(NCC1=CCNCC1)c1n[nH]c2ccc([N+](=O)[O-])cc12. The number of non-ortho nitro benzene ring substituents is 1. The van der Waals surface area contributed by atoms with Gasteiger partial charge in [-0.05, 0) is 19.0 Å². The summed E-state index contributed by atoms with van der Waals surface area (Å²) < 4.78 is 0. The van der Waals surface area contributed by atoms with E-state index < -0.39 is 4.92 Å². The standard InChI is InChI=1S/C14H15N5O3/c20-14(16-8-9-3-5-15-6-4-9)13-11-7-10(19(21)22)1-2-12(11)17-18-13/h1-3,7,15H,4-6,8H2,(H,16,20)(H,17,18). The Morgan fingerprint density at radius 3 is 3.05 bits per heavy atom. The largest absolute Gasteiger partial charge is 0.347 e. The van der Waals surface area contributed by atoms with Crippen LogP contribution in [0.1, 0.15) is 16.9 Å². The number of nitrogens with one attached hydrogen (secondary N) is 3. The molecular formula is C14H15N5O3. The molecule has 3 N–H and O–H groups in total. The number of nitrogens with zero attached hydrogens (tertiary/aromatic N) is 2. The molecule has 0 aliphatic carbocycles. The molecule has 3 rings (SSSR count). The fourth-order valence-corrected chi connectivity index (χ4v) is 2.40. The average molecular weight is 301 g/mol. The first-order chi connectivity index (χ1) is 10.6. The van der Waals surface area contributed by atoms with E-state index in [1.165, 1.54) is 12.1 Å². The molecule has 0 radical (unpaired) electrons. The fraction of sp³-hybridized carbons (Fsp3) is 0.286. The summed E-state index contributed by atoms with van der Waals surface area (Å²) in [7, 11) is 0. The van der Waals surface area contributed by atoms with Crippen molar-refractivity contribution >= 4 is 22.5 Å². The second kappa shape index (κ2) is 5.94. The van der Waals surface area contributed by atoms with E-state index in [9.17, 15) is 14.9 Å². The number of nitro benzene ring substituents is 1. The lowest BCUT2D eigenvalue weighted by Crippen LogP contribution is -2.29. The molecule has 0 saturated heterocycles. The summed E-state index contributed by atoms with van der Waals surface area (Å²) in [5.41, 5.74) is 1.87. The first-order valence-electron chi connectivity index (χ1n) is 6.94. The van der Waals surface area contributed by atoms with Gasteiger partial charge in [0.25, 0.3) is 11.6 Å². The molecule has 0 fully saturated rings. The van der Waals surface area contributed by atoms with Crippen molar-refractivity contribution in [2.75, 3.05) is 19.6 Å². The number of aromatic amines is 1. The van der Waals surface area contributed by atoms with Gasteiger partial charge in [0.1, 0.15) is 0 Å². The number of aromatic nitrogens is 2. The van der Waals surface area contributed by atoms with Gasteiger partial charge in [-0.1, -0.05) is 11.6 Å². The van der Waals surface area contributed by atoms with Crippen LogP contribution < -0.4 is 10.6 Å². The van der Waals surface area contributed by atoms with Crippen LogP contribution in [0, 0.1) is 10.1 Å². The van der Waals surface area contributed by atoms with E-state index in [0.717, 1.165) is 25.1 Å². The van der Waals surface area contributed by atoms with Crippen LogP contribution in [0.3, 0.4) is 0 Å². The lowest BCUT2D eigenvalue weighted by atomic mass is 10.1. The molecular weight excluding hydrogens is 286 g/mol. The van der Waals surface area contributed by atoms with Crippen molar-refractivity contribution in [1.82, 2.24) is 20.8 Å². The normalized spacial score (nSPS) is 14.6. The van der Waals surface area contributed by atoms with Crippen LogP contribution in [0.25, 0.3) is 10.9 Å². The van der Waals surface area contributed by atoms with Gasteiger partial charge in [-0.15, -0.1) is 0 Å². The van der Waals surface area contributed by atoms with Gasteiger partial charge in [0, 0.05) is 30.6 Å². The second-order valence-corrected chi connectivity index (χ2v) is 5.06. The summed E-state index contributed by atoms with van der Waals surface area (Å²) in [5.74, 6) is -0.341.